The maximum atomic E-state index is 12.7. The molecule has 1 aliphatic rings. The average Bonchev–Trinajstić information content (AvgIpc) is 3.43. The van der Waals surface area contributed by atoms with E-state index in [4.69, 9.17) is 4.42 Å². The lowest BCUT2D eigenvalue weighted by atomic mass is 10.0. The molecule has 1 amide bonds. The second-order valence-electron chi connectivity index (χ2n) is 7.21. The number of nitrogens with zero attached hydrogens (tertiary/aromatic N) is 3. The fourth-order valence-electron chi connectivity index (χ4n) is 3.92. The molecule has 2 heterocycles. The maximum Gasteiger partial charge on any atom is 0.228 e. The van der Waals surface area contributed by atoms with Crippen molar-refractivity contribution in [2.45, 2.75) is 32.2 Å². The van der Waals surface area contributed by atoms with Gasteiger partial charge in [0.05, 0.1) is 19.2 Å². The molecule has 0 unspecified atom stereocenters. The monoisotopic (exact) mass is 372 g/mol. The molecule has 2 aromatic heterocycles. The molecule has 0 spiro atoms. The molecule has 0 atom stereocenters. The summed E-state index contributed by atoms with van der Waals surface area (Å²) in [7, 11) is 0. The number of aryl methyl sites for hydroxylation is 2. The molecule has 0 saturated heterocycles. The predicted molar refractivity (Wildman–Crippen MR) is 106 cm³/mol. The van der Waals surface area contributed by atoms with Gasteiger partial charge in [0.1, 0.15) is 18.2 Å². The van der Waals surface area contributed by atoms with Crippen molar-refractivity contribution in [3.8, 4) is 0 Å². The Balaban J connectivity index is 1.35. The van der Waals surface area contributed by atoms with Crippen LogP contribution in [-0.4, -0.2) is 20.7 Å². The second kappa shape index (κ2) is 6.96. The molecular weight excluding hydrogens is 352 g/mol. The lowest BCUT2D eigenvalue weighted by molar-refractivity contribution is -0.115. The molecule has 4 aromatic rings. The minimum absolute atomic E-state index is 0.0609. The lowest BCUT2D eigenvalue weighted by Gasteiger charge is -2.11. The Labute approximate surface area is 162 Å². The van der Waals surface area contributed by atoms with Crippen molar-refractivity contribution in [1.29, 1.82) is 0 Å². The number of carbonyl (C=O) groups is 1. The summed E-state index contributed by atoms with van der Waals surface area (Å²) >= 11 is 0. The van der Waals surface area contributed by atoms with Gasteiger partial charge >= 0.3 is 0 Å². The fourth-order valence-corrected chi connectivity index (χ4v) is 3.92. The maximum absolute atomic E-state index is 12.7. The Morgan fingerprint density at radius 2 is 2.00 bits per heavy atom. The van der Waals surface area contributed by atoms with Gasteiger partial charge in [0.15, 0.2) is 0 Å². The van der Waals surface area contributed by atoms with Crippen LogP contribution in [0.2, 0.25) is 0 Å². The Hall–Kier alpha value is -3.41. The first-order valence-electron chi connectivity index (χ1n) is 9.48. The highest BCUT2D eigenvalue weighted by atomic mass is 16.3. The first kappa shape index (κ1) is 16.7. The lowest BCUT2D eigenvalue weighted by Crippen LogP contribution is -2.16. The first-order valence-corrected chi connectivity index (χ1v) is 9.48. The van der Waals surface area contributed by atoms with Crippen molar-refractivity contribution in [2.75, 3.05) is 5.32 Å². The number of furan rings is 1. The van der Waals surface area contributed by atoms with Gasteiger partial charge in [0.2, 0.25) is 5.91 Å². The van der Waals surface area contributed by atoms with Gasteiger partial charge in [0.25, 0.3) is 0 Å². The molecule has 1 N–H and O–H groups in total. The molecule has 5 rings (SSSR count). The van der Waals surface area contributed by atoms with E-state index in [0.717, 1.165) is 40.6 Å². The normalized spacial score (nSPS) is 13.0. The molecule has 0 bridgehead atoms. The molecule has 140 valence electrons. The topological polar surface area (TPSA) is 73.0 Å². The van der Waals surface area contributed by atoms with Crippen molar-refractivity contribution in [3.63, 3.8) is 0 Å². The minimum atomic E-state index is -0.0609. The smallest absolute Gasteiger partial charge is 0.228 e. The summed E-state index contributed by atoms with van der Waals surface area (Å²) < 4.78 is 7.45. The largest absolute Gasteiger partial charge is 0.464 e. The molecule has 6 heteroatoms. The Kier molecular flexibility index (Phi) is 4.16. The van der Waals surface area contributed by atoms with Gasteiger partial charge in [-0.3, -0.25) is 4.79 Å². The van der Waals surface area contributed by atoms with Crippen molar-refractivity contribution < 1.29 is 9.21 Å². The van der Waals surface area contributed by atoms with Gasteiger partial charge < -0.3 is 9.73 Å². The van der Waals surface area contributed by atoms with E-state index < -0.39 is 0 Å². The highest BCUT2D eigenvalue weighted by molar-refractivity contribution is 5.96. The number of carbonyl (C=O) groups excluding carboxylic acids is 1. The zero-order valence-electron chi connectivity index (χ0n) is 15.4. The van der Waals surface area contributed by atoms with Crippen LogP contribution < -0.4 is 5.32 Å². The van der Waals surface area contributed by atoms with E-state index in [2.05, 4.69) is 27.5 Å². The summed E-state index contributed by atoms with van der Waals surface area (Å²) in [6, 6.07) is 12.1. The highest BCUT2D eigenvalue weighted by Crippen LogP contribution is 2.30. The summed E-state index contributed by atoms with van der Waals surface area (Å²) in [6.07, 6.45) is 8.57. The van der Waals surface area contributed by atoms with Gasteiger partial charge in [-0.15, -0.1) is 0 Å². The SMILES string of the molecule is O=C(Cc1coc2cc3c(cc12)CCC3)Nc1ccccc1Cn1cncn1. The van der Waals surface area contributed by atoms with E-state index in [-0.39, 0.29) is 12.3 Å². The molecule has 28 heavy (non-hydrogen) atoms. The molecule has 0 saturated carbocycles. The number of amides is 1. The third kappa shape index (κ3) is 3.17. The summed E-state index contributed by atoms with van der Waals surface area (Å²) in [4.78, 5) is 16.7. The predicted octanol–water partition coefficient (Wildman–Crippen LogP) is 3.74. The van der Waals surface area contributed by atoms with Crippen molar-refractivity contribution >= 4 is 22.6 Å². The number of hydrogen-bond acceptors (Lipinski definition) is 4. The van der Waals surface area contributed by atoms with E-state index in [0.29, 0.717) is 6.54 Å². The van der Waals surface area contributed by atoms with E-state index in [1.807, 2.05) is 24.3 Å². The fraction of sp³-hybridized carbons (Fsp3) is 0.227. The molecule has 0 radical (unpaired) electrons. The average molecular weight is 372 g/mol. The molecule has 2 aromatic carbocycles. The van der Waals surface area contributed by atoms with Crippen LogP contribution in [0, 0.1) is 0 Å². The number of benzene rings is 2. The molecule has 0 fully saturated rings. The Bertz CT molecular complexity index is 1140. The van der Waals surface area contributed by atoms with Gasteiger partial charge in [-0.25, -0.2) is 9.67 Å². The summed E-state index contributed by atoms with van der Waals surface area (Å²) in [5.74, 6) is -0.0609. The van der Waals surface area contributed by atoms with Crippen LogP contribution in [0.4, 0.5) is 5.69 Å². The Morgan fingerprint density at radius 3 is 2.86 bits per heavy atom. The number of hydrogen-bond donors (Lipinski definition) is 1. The van der Waals surface area contributed by atoms with Gasteiger partial charge in [0, 0.05) is 16.6 Å². The third-order valence-electron chi connectivity index (χ3n) is 5.31. The van der Waals surface area contributed by atoms with E-state index in [1.54, 1.807) is 17.3 Å². The van der Waals surface area contributed by atoms with Gasteiger partial charge in [-0.05, 0) is 54.2 Å². The zero-order valence-corrected chi connectivity index (χ0v) is 15.4. The minimum Gasteiger partial charge on any atom is -0.464 e. The standard InChI is InChI=1S/C22H20N4O2/c27-22(25-20-7-2-1-4-17(20)11-26-14-23-13-24-26)10-18-12-28-21-9-16-6-3-5-15(16)8-19(18)21/h1-2,4,7-9,12-14H,3,5-6,10-11H2,(H,25,27). The molecule has 1 aliphatic carbocycles. The van der Waals surface area contributed by atoms with Crippen molar-refractivity contribution in [3.05, 3.63) is 77.6 Å². The number of anilines is 1. The highest BCUT2D eigenvalue weighted by Gasteiger charge is 2.17. The van der Waals surface area contributed by atoms with E-state index >= 15 is 0 Å². The quantitative estimate of drug-likeness (QED) is 0.579. The van der Waals surface area contributed by atoms with Crippen molar-refractivity contribution in [2.24, 2.45) is 0 Å². The molecular formula is C22H20N4O2. The summed E-state index contributed by atoms with van der Waals surface area (Å²) in [5, 5.41) is 8.22. The molecule has 6 nitrogen and oxygen atoms in total. The van der Waals surface area contributed by atoms with Crippen LogP contribution in [0.5, 0.6) is 0 Å². The van der Waals surface area contributed by atoms with Crippen LogP contribution in [0.15, 0.2) is 59.7 Å². The summed E-state index contributed by atoms with van der Waals surface area (Å²) in [5.41, 5.74) is 6.33. The van der Waals surface area contributed by atoms with Crippen LogP contribution in [0.1, 0.15) is 28.7 Å². The number of nitrogens with one attached hydrogen (secondary N) is 1. The van der Waals surface area contributed by atoms with E-state index in [9.17, 15) is 4.79 Å². The first-order chi connectivity index (χ1) is 13.8. The number of para-hydroxylation sites is 1. The van der Waals surface area contributed by atoms with Crippen LogP contribution >= 0.6 is 0 Å². The second-order valence-corrected chi connectivity index (χ2v) is 7.21. The summed E-state index contributed by atoms with van der Waals surface area (Å²) in [6.45, 7) is 0.553. The molecule has 0 aliphatic heterocycles. The van der Waals surface area contributed by atoms with Crippen LogP contribution in [-0.2, 0) is 30.6 Å². The zero-order chi connectivity index (χ0) is 18.9. The van der Waals surface area contributed by atoms with Crippen LogP contribution in [0.3, 0.4) is 0 Å². The van der Waals surface area contributed by atoms with Gasteiger partial charge in [-0.1, -0.05) is 18.2 Å². The van der Waals surface area contributed by atoms with Crippen LogP contribution in [0.25, 0.3) is 11.0 Å². The number of fused-ring (bicyclic) bond motifs is 2. The van der Waals surface area contributed by atoms with E-state index in [1.165, 1.54) is 23.9 Å². The Morgan fingerprint density at radius 1 is 1.14 bits per heavy atom. The number of rotatable bonds is 5. The van der Waals surface area contributed by atoms with Crippen molar-refractivity contribution in [1.82, 2.24) is 14.8 Å². The number of aromatic nitrogens is 3. The third-order valence-corrected chi connectivity index (χ3v) is 5.31. The van der Waals surface area contributed by atoms with Gasteiger partial charge in [-0.2, -0.15) is 5.10 Å².